The smallest absolute Gasteiger partial charge is 0.334 e. The largest absolute Gasteiger partial charge is 0.464 e. The average molecular weight is 188 g/mol. The molecule has 0 heterocycles. The maximum absolute atomic E-state index is 10.9. The number of hydrogen-bond donors (Lipinski definition) is 1. The second-order valence-corrected chi connectivity index (χ2v) is 3.59. The van der Waals surface area contributed by atoms with Gasteiger partial charge in [-0.25, -0.2) is 4.79 Å². The van der Waals surface area contributed by atoms with E-state index in [0.29, 0.717) is 18.9 Å². The van der Waals surface area contributed by atoms with Crippen molar-refractivity contribution in [3.8, 4) is 0 Å². The van der Waals surface area contributed by atoms with Crippen molar-refractivity contribution in [2.75, 3.05) is 6.61 Å². The SMILES string of the molecule is CCOC(=O)[C@@H](O)CCCC(C)C. The van der Waals surface area contributed by atoms with Crippen molar-refractivity contribution < 1.29 is 14.6 Å². The summed E-state index contributed by atoms with van der Waals surface area (Å²) in [5.41, 5.74) is 0. The fourth-order valence-corrected chi connectivity index (χ4v) is 1.08. The Morgan fingerprint density at radius 3 is 2.46 bits per heavy atom. The van der Waals surface area contributed by atoms with Crippen molar-refractivity contribution in [2.45, 2.75) is 46.1 Å². The summed E-state index contributed by atoms with van der Waals surface area (Å²) >= 11 is 0. The van der Waals surface area contributed by atoms with Gasteiger partial charge in [-0.15, -0.1) is 0 Å². The van der Waals surface area contributed by atoms with Gasteiger partial charge >= 0.3 is 5.97 Å². The van der Waals surface area contributed by atoms with E-state index in [-0.39, 0.29) is 0 Å². The Morgan fingerprint density at radius 1 is 1.38 bits per heavy atom. The lowest BCUT2D eigenvalue weighted by atomic mass is 10.0. The van der Waals surface area contributed by atoms with Gasteiger partial charge in [-0.2, -0.15) is 0 Å². The third-order valence-corrected chi connectivity index (χ3v) is 1.82. The highest BCUT2D eigenvalue weighted by Crippen LogP contribution is 2.09. The summed E-state index contributed by atoms with van der Waals surface area (Å²) in [5, 5.41) is 9.29. The first kappa shape index (κ1) is 12.4. The number of rotatable bonds is 6. The van der Waals surface area contributed by atoms with E-state index >= 15 is 0 Å². The standard InChI is InChI=1S/C10H20O3/c1-4-13-10(12)9(11)7-5-6-8(2)3/h8-9,11H,4-7H2,1-3H3/t9-/m0/s1. The molecule has 13 heavy (non-hydrogen) atoms. The Balaban J connectivity index is 3.49. The Bertz CT molecular complexity index is 143. The van der Waals surface area contributed by atoms with E-state index in [1.165, 1.54) is 0 Å². The minimum absolute atomic E-state index is 0.333. The predicted molar refractivity (Wildman–Crippen MR) is 51.3 cm³/mol. The van der Waals surface area contributed by atoms with E-state index in [9.17, 15) is 9.90 Å². The summed E-state index contributed by atoms with van der Waals surface area (Å²) in [5.74, 6) is 0.126. The molecule has 3 nitrogen and oxygen atoms in total. The van der Waals surface area contributed by atoms with Crippen LogP contribution in [-0.4, -0.2) is 23.8 Å². The fraction of sp³-hybridized carbons (Fsp3) is 0.900. The van der Waals surface area contributed by atoms with Crippen LogP contribution < -0.4 is 0 Å². The summed E-state index contributed by atoms with van der Waals surface area (Å²) in [6, 6.07) is 0. The molecule has 1 N–H and O–H groups in total. The molecule has 0 aliphatic heterocycles. The summed E-state index contributed by atoms with van der Waals surface area (Å²) < 4.78 is 4.67. The predicted octanol–water partition coefficient (Wildman–Crippen LogP) is 1.74. The van der Waals surface area contributed by atoms with Crippen molar-refractivity contribution in [1.82, 2.24) is 0 Å². The Morgan fingerprint density at radius 2 is 2.00 bits per heavy atom. The Hall–Kier alpha value is -0.570. The first-order chi connectivity index (χ1) is 6.07. The quantitative estimate of drug-likeness (QED) is 0.646. The van der Waals surface area contributed by atoms with Gasteiger partial charge in [0.2, 0.25) is 0 Å². The van der Waals surface area contributed by atoms with E-state index in [1.54, 1.807) is 6.92 Å². The van der Waals surface area contributed by atoms with Crippen LogP contribution in [0.3, 0.4) is 0 Å². The lowest BCUT2D eigenvalue weighted by Crippen LogP contribution is -2.22. The van der Waals surface area contributed by atoms with Gasteiger partial charge in [-0.3, -0.25) is 0 Å². The molecule has 0 saturated carbocycles. The number of aliphatic hydroxyl groups is 1. The van der Waals surface area contributed by atoms with Gasteiger partial charge in [0, 0.05) is 0 Å². The van der Waals surface area contributed by atoms with Crippen LogP contribution in [0.4, 0.5) is 0 Å². The summed E-state index contributed by atoms with van der Waals surface area (Å²) in [6.07, 6.45) is 1.49. The molecule has 0 rings (SSSR count). The van der Waals surface area contributed by atoms with Crippen molar-refractivity contribution in [1.29, 1.82) is 0 Å². The molecule has 0 aromatic carbocycles. The second kappa shape index (κ2) is 6.89. The van der Waals surface area contributed by atoms with Gasteiger partial charge in [0.25, 0.3) is 0 Å². The minimum Gasteiger partial charge on any atom is -0.464 e. The molecular weight excluding hydrogens is 168 g/mol. The summed E-state index contributed by atoms with van der Waals surface area (Å²) in [6.45, 7) is 6.31. The van der Waals surface area contributed by atoms with Crippen LogP contribution in [0.2, 0.25) is 0 Å². The molecule has 0 aliphatic rings. The van der Waals surface area contributed by atoms with E-state index < -0.39 is 12.1 Å². The van der Waals surface area contributed by atoms with Crippen molar-refractivity contribution in [2.24, 2.45) is 5.92 Å². The van der Waals surface area contributed by atoms with Crippen LogP contribution in [0.15, 0.2) is 0 Å². The molecular formula is C10H20O3. The van der Waals surface area contributed by atoms with Crippen LogP contribution >= 0.6 is 0 Å². The second-order valence-electron chi connectivity index (χ2n) is 3.59. The van der Waals surface area contributed by atoms with Crippen molar-refractivity contribution in [3.63, 3.8) is 0 Å². The topological polar surface area (TPSA) is 46.5 Å². The summed E-state index contributed by atoms with van der Waals surface area (Å²) in [4.78, 5) is 10.9. The first-order valence-corrected chi connectivity index (χ1v) is 4.92. The Labute approximate surface area is 80.1 Å². The molecule has 0 unspecified atom stereocenters. The number of carbonyl (C=O) groups excluding carboxylic acids is 1. The normalized spacial score (nSPS) is 13.0. The monoisotopic (exact) mass is 188 g/mol. The zero-order valence-electron chi connectivity index (χ0n) is 8.75. The third kappa shape index (κ3) is 6.58. The van der Waals surface area contributed by atoms with Gasteiger partial charge in [0.05, 0.1) is 6.61 Å². The Kier molecular flexibility index (Phi) is 6.59. The van der Waals surface area contributed by atoms with Gasteiger partial charge in [0.15, 0.2) is 6.10 Å². The highest BCUT2D eigenvalue weighted by atomic mass is 16.5. The van der Waals surface area contributed by atoms with E-state index in [4.69, 9.17) is 0 Å². The zero-order chi connectivity index (χ0) is 10.3. The molecule has 1 atom stereocenters. The number of hydrogen-bond acceptors (Lipinski definition) is 3. The van der Waals surface area contributed by atoms with Crippen LogP contribution in [0.5, 0.6) is 0 Å². The fourth-order valence-electron chi connectivity index (χ4n) is 1.08. The molecule has 0 spiro atoms. The van der Waals surface area contributed by atoms with Gasteiger partial charge < -0.3 is 9.84 Å². The molecule has 0 fully saturated rings. The molecule has 0 amide bonds. The maximum atomic E-state index is 10.9. The molecule has 0 radical (unpaired) electrons. The lowest BCUT2D eigenvalue weighted by molar-refractivity contribution is -0.153. The molecule has 0 aromatic rings. The highest BCUT2D eigenvalue weighted by Gasteiger charge is 2.15. The van der Waals surface area contributed by atoms with Crippen molar-refractivity contribution >= 4 is 5.97 Å². The first-order valence-electron chi connectivity index (χ1n) is 4.92. The lowest BCUT2D eigenvalue weighted by Gasteiger charge is -2.09. The van der Waals surface area contributed by atoms with Gasteiger partial charge in [0.1, 0.15) is 0 Å². The number of ether oxygens (including phenoxy) is 1. The van der Waals surface area contributed by atoms with Crippen LogP contribution in [0.1, 0.15) is 40.0 Å². The number of carbonyl (C=O) groups is 1. The van der Waals surface area contributed by atoms with E-state index in [2.05, 4.69) is 18.6 Å². The summed E-state index contributed by atoms with van der Waals surface area (Å²) in [7, 11) is 0. The molecule has 3 heteroatoms. The molecule has 0 bridgehead atoms. The third-order valence-electron chi connectivity index (χ3n) is 1.82. The van der Waals surface area contributed by atoms with Crippen molar-refractivity contribution in [3.05, 3.63) is 0 Å². The highest BCUT2D eigenvalue weighted by molar-refractivity contribution is 5.74. The van der Waals surface area contributed by atoms with Gasteiger partial charge in [-0.1, -0.05) is 26.7 Å². The maximum Gasteiger partial charge on any atom is 0.334 e. The molecule has 0 aliphatic carbocycles. The van der Waals surface area contributed by atoms with E-state index in [0.717, 1.165) is 12.8 Å². The minimum atomic E-state index is -0.932. The average Bonchev–Trinajstić information content (AvgIpc) is 2.04. The van der Waals surface area contributed by atoms with Gasteiger partial charge in [-0.05, 0) is 19.3 Å². The van der Waals surface area contributed by atoms with E-state index in [1.807, 2.05) is 0 Å². The molecule has 0 saturated heterocycles. The van der Waals surface area contributed by atoms with Crippen LogP contribution in [-0.2, 0) is 9.53 Å². The number of aliphatic hydroxyl groups excluding tert-OH is 1. The molecule has 0 aromatic heterocycles. The molecule has 78 valence electrons. The zero-order valence-corrected chi connectivity index (χ0v) is 8.75. The van der Waals surface area contributed by atoms with Crippen LogP contribution in [0.25, 0.3) is 0 Å². The van der Waals surface area contributed by atoms with Crippen LogP contribution in [0, 0.1) is 5.92 Å². The number of esters is 1.